The van der Waals surface area contributed by atoms with Gasteiger partial charge >= 0.3 is 11.9 Å². The van der Waals surface area contributed by atoms with Gasteiger partial charge in [0.2, 0.25) is 17.7 Å². The molecule has 1 fully saturated rings. The predicted molar refractivity (Wildman–Crippen MR) is 95.8 cm³/mol. The molecule has 0 saturated heterocycles. The Morgan fingerprint density at radius 3 is 2.25 bits per heavy atom. The molecule has 152 valence electrons. The normalized spacial score (nSPS) is 25.2. The van der Waals surface area contributed by atoms with Gasteiger partial charge in [-0.2, -0.15) is 0 Å². The molecule has 10 heteroatoms. The lowest BCUT2D eigenvalue weighted by Gasteiger charge is -2.24. The van der Waals surface area contributed by atoms with Gasteiger partial charge in [-0.15, -0.1) is 0 Å². The first-order valence-corrected chi connectivity index (χ1v) is 8.85. The average molecular weight is 393 g/mol. The highest BCUT2D eigenvalue weighted by molar-refractivity contribution is 6.00. The van der Waals surface area contributed by atoms with Crippen LogP contribution >= 0.6 is 0 Å². The van der Waals surface area contributed by atoms with Crippen molar-refractivity contribution in [3.63, 3.8) is 0 Å². The van der Waals surface area contributed by atoms with Crippen molar-refractivity contribution in [2.45, 2.75) is 12.8 Å². The molecule has 4 atom stereocenters. The number of carbonyl (C=O) groups excluding carboxylic acids is 3. The lowest BCUT2D eigenvalue weighted by molar-refractivity contribution is -0.147. The van der Waals surface area contributed by atoms with Crippen molar-refractivity contribution in [2.75, 3.05) is 20.1 Å². The van der Waals surface area contributed by atoms with Crippen molar-refractivity contribution >= 4 is 29.7 Å². The predicted octanol–water partition coefficient (Wildman–Crippen LogP) is -1.11. The average Bonchev–Trinajstić information content (AvgIpc) is 3.25. The van der Waals surface area contributed by atoms with Gasteiger partial charge in [0, 0.05) is 38.2 Å². The molecule has 0 radical (unpaired) electrons. The Morgan fingerprint density at radius 1 is 1.04 bits per heavy atom. The summed E-state index contributed by atoms with van der Waals surface area (Å²) in [6.07, 6.45) is 4.92. The van der Waals surface area contributed by atoms with E-state index >= 15 is 0 Å². The summed E-state index contributed by atoms with van der Waals surface area (Å²) in [4.78, 5) is 58.3. The molecule has 3 amide bonds. The summed E-state index contributed by atoms with van der Waals surface area (Å²) in [6.45, 7) is -0.359. The van der Waals surface area contributed by atoms with Crippen LogP contribution in [0.25, 0.3) is 0 Å². The molecule has 28 heavy (non-hydrogen) atoms. The van der Waals surface area contributed by atoms with Crippen LogP contribution in [-0.4, -0.2) is 60.0 Å². The van der Waals surface area contributed by atoms with Crippen LogP contribution in [-0.2, 0) is 24.0 Å². The Labute approximate surface area is 161 Å². The van der Waals surface area contributed by atoms with Gasteiger partial charge < -0.3 is 26.2 Å². The zero-order chi connectivity index (χ0) is 20.8. The SMILES string of the molecule is CNC(=O)CCNC(=O)/C(=C\C(=O)O)CNC(=O)C1C2C=CC(C2)C1C(=O)O. The van der Waals surface area contributed by atoms with E-state index in [0.29, 0.717) is 12.5 Å². The fraction of sp³-hybridized carbons (Fsp3) is 0.500. The smallest absolute Gasteiger partial charge is 0.328 e. The molecule has 2 bridgehead atoms. The van der Waals surface area contributed by atoms with Crippen LogP contribution < -0.4 is 16.0 Å². The van der Waals surface area contributed by atoms with Crippen molar-refractivity contribution in [2.24, 2.45) is 23.7 Å². The number of amides is 3. The molecule has 0 spiro atoms. The second-order valence-electron chi connectivity index (χ2n) is 6.74. The summed E-state index contributed by atoms with van der Waals surface area (Å²) >= 11 is 0. The zero-order valence-electron chi connectivity index (χ0n) is 15.3. The van der Waals surface area contributed by atoms with Crippen LogP contribution in [0.4, 0.5) is 0 Å². The summed E-state index contributed by atoms with van der Waals surface area (Å²) in [5, 5.41) is 25.6. The molecule has 0 aliphatic heterocycles. The quantitative estimate of drug-likeness (QED) is 0.245. The summed E-state index contributed by atoms with van der Waals surface area (Å²) in [7, 11) is 1.45. The Bertz CT molecular complexity index is 743. The van der Waals surface area contributed by atoms with Crippen LogP contribution in [0.3, 0.4) is 0 Å². The molecule has 0 heterocycles. The number of carboxylic acids is 2. The van der Waals surface area contributed by atoms with E-state index in [-0.39, 0.29) is 42.8 Å². The topological polar surface area (TPSA) is 162 Å². The largest absolute Gasteiger partial charge is 0.481 e. The van der Waals surface area contributed by atoms with E-state index in [0.717, 1.165) is 0 Å². The highest BCUT2D eigenvalue weighted by atomic mass is 16.4. The maximum atomic E-state index is 12.5. The van der Waals surface area contributed by atoms with Crippen molar-refractivity contribution in [1.29, 1.82) is 0 Å². The van der Waals surface area contributed by atoms with E-state index < -0.39 is 35.6 Å². The highest BCUT2D eigenvalue weighted by Crippen LogP contribution is 2.48. The fourth-order valence-corrected chi connectivity index (χ4v) is 3.69. The van der Waals surface area contributed by atoms with Crippen molar-refractivity contribution < 1.29 is 34.2 Å². The molecule has 0 aromatic heterocycles. The standard InChI is InChI=1S/C18H23N3O7/c1-19-12(22)4-5-20-16(25)11(7-13(23)24)8-21-17(26)14-9-2-3-10(6-9)15(14)18(27)28/h2-3,7,9-10,14-15H,4-6,8H2,1H3,(H,19,22)(H,20,25)(H,21,26)(H,23,24)(H,27,28)/b11-7-. The third-order valence-corrected chi connectivity index (χ3v) is 5.01. The molecule has 4 unspecified atom stereocenters. The summed E-state index contributed by atoms with van der Waals surface area (Å²) < 4.78 is 0. The third kappa shape index (κ3) is 4.96. The molecular weight excluding hydrogens is 370 g/mol. The van der Waals surface area contributed by atoms with Gasteiger partial charge in [-0.25, -0.2) is 4.79 Å². The van der Waals surface area contributed by atoms with Crippen LogP contribution in [0, 0.1) is 23.7 Å². The van der Waals surface area contributed by atoms with Crippen LogP contribution in [0.15, 0.2) is 23.8 Å². The number of hydrogen-bond donors (Lipinski definition) is 5. The van der Waals surface area contributed by atoms with Gasteiger partial charge in [-0.1, -0.05) is 12.2 Å². The molecule has 2 aliphatic rings. The minimum Gasteiger partial charge on any atom is -0.481 e. The maximum absolute atomic E-state index is 12.5. The number of carbonyl (C=O) groups is 5. The van der Waals surface area contributed by atoms with Gasteiger partial charge in [0.25, 0.3) is 0 Å². The summed E-state index contributed by atoms with van der Waals surface area (Å²) in [5.74, 6) is -5.92. The first-order chi connectivity index (χ1) is 13.2. The van der Waals surface area contributed by atoms with E-state index in [1.807, 2.05) is 12.2 Å². The number of hydrogen-bond acceptors (Lipinski definition) is 5. The Hall–Kier alpha value is -3.17. The van der Waals surface area contributed by atoms with Gasteiger partial charge in [-0.3, -0.25) is 19.2 Å². The monoisotopic (exact) mass is 393 g/mol. The minimum atomic E-state index is -1.36. The van der Waals surface area contributed by atoms with Crippen LogP contribution in [0.2, 0.25) is 0 Å². The Morgan fingerprint density at radius 2 is 1.68 bits per heavy atom. The third-order valence-electron chi connectivity index (χ3n) is 5.01. The second kappa shape index (κ2) is 9.16. The molecule has 2 rings (SSSR count). The summed E-state index contributed by atoms with van der Waals surface area (Å²) in [6, 6.07) is 0. The number of carboxylic acid groups (broad SMARTS) is 2. The Balaban J connectivity index is 1.97. The van der Waals surface area contributed by atoms with Crippen LogP contribution in [0.1, 0.15) is 12.8 Å². The summed E-state index contributed by atoms with van der Waals surface area (Å²) in [5.41, 5.74) is -0.205. The molecule has 5 N–H and O–H groups in total. The minimum absolute atomic E-state index is 0.00166. The molecule has 0 aromatic rings. The van der Waals surface area contributed by atoms with Gasteiger partial charge in [0.15, 0.2) is 0 Å². The van der Waals surface area contributed by atoms with E-state index in [4.69, 9.17) is 5.11 Å². The van der Waals surface area contributed by atoms with E-state index in [1.54, 1.807) is 0 Å². The zero-order valence-corrected chi connectivity index (χ0v) is 15.3. The fourth-order valence-electron chi connectivity index (χ4n) is 3.69. The molecule has 0 aromatic carbocycles. The molecule has 2 aliphatic carbocycles. The lowest BCUT2D eigenvalue weighted by Crippen LogP contribution is -2.42. The van der Waals surface area contributed by atoms with Gasteiger partial charge in [0.1, 0.15) is 0 Å². The van der Waals surface area contributed by atoms with E-state index in [2.05, 4.69) is 16.0 Å². The first-order valence-electron chi connectivity index (χ1n) is 8.85. The number of rotatable bonds is 9. The van der Waals surface area contributed by atoms with Gasteiger partial charge in [0.05, 0.1) is 11.8 Å². The first kappa shape index (κ1) is 21.1. The molecule has 1 saturated carbocycles. The lowest BCUT2D eigenvalue weighted by atomic mass is 9.82. The number of fused-ring (bicyclic) bond motifs is 2. The van der Waals surface area contributed by atoms with Crippen molar-refractivity contribution in [1.82, 2.24) is 16.0 Å². The van der Waals surface area contributed by atoms with E-state index in [9.17, 15) is 29.1 Å². The van der Waals surface area contributed by atoms with E-state index in [1.165, 1.54) is 7.05 Å². The number of allylic oxidation sites excluding steroid dienone is 2. The van der Waals surface area contributed by atoms with Gasteiger partial charge in [-0.05, 0) is 18.3 Å². The maximum Gasteiger partial charge on any atom is 0.328 e. The number of aliphatic carboxylic acids is 2. The molecular formula is C18H23N3O7. The van der Waals surface area contributed by atoms with Crippen molar-refractivity contribution in [3.05, 3.63) is 23.8 Å². The van der Waals surface area contributed by atoms with Crippen molar-refractivity contribution in [3.8, 4) is 0 Å². The Kier molecular flexibility index (Phi) is 6.91. The van der Waals surface area contributed by atoms with Crippen LogP contribution in [0.5, 0.6) is 0 Å². The highest BCUT2D eigenvalue weighted by Gasteiger charge is 2.51. The molecule has 10 nitrogen and oxygen atoms in total. The number of nitrogens with one attached hydrogen (secondary N) is 3. The second-order valence-corrected chi connectivity index (χ2v) is 6.74.